The van der Waals surface area contributed by atoms with E-state index >= 15 is 0 Å². The number of aromatic nitrogens is 4. The molecule has 0 saturated heterocycles. The number of aryl methyl sites for hydroxylation is 2. The number of nitrogens with zero attached hydrogens (tertiary/aromatic N) is 4. The number of amides is 1. The number of benzene rings is 2. The van der Waals surface area contributed by atoms with Gasteiger partial charge in [0.05, 0.1) is 16.7 Å². The van der Waals surface area contributed by atoms with Crippen molar-refractivity contribution in [3.8, 4) is 0 Å². The SMILES string of the molecule is COCCCn1c(=O)c2ccccc2n2c(SCC(=O)Nc3cc(Cl)ccc3C)nnc12. The standard InChI is InChI=1S/C22H22ClN5O3S/c1-14-8-9-15(23)12-17(14)24-19(29)13-32-22-26-25-21-27(10-5-11-31-2)20(30)16-6-3-4-7-18(16)28(21)22/h3-4,6-9,12H,5,10-11,13H2,1-2H3,(H,24,29). The number of carbonyl (C=O) groups is 1. The Kier molecular flexibility index (Phi) is 6.78. The average molecular weight is 472 g/mol. The second-order valence-electron chi connectivity index (χ2n) is 7.23. The quantitative estimate of drug-likeness (QED) is 0.311. The van der Waals surface area contributed by atoms with E-state index in [9.17, 15) is 9.59 Å². The largest absolute Gasteiger partial charge is 0.385 e. The van der Waals surface area contributed by atoms with Crippen LogP contribution in [0.15, 0.2) is 52.4 Å². The van der Waals surface area contributed by atoms with E-state index in [1.807, 2.05) is 35.6 Å². The summed E-state index contributed by atoms with van der Waals surface area (Å²) in [6.45, 7) is 2.89. The summed E-state index contributed by atoms with van der Waals surface area (Å²) in [4.78, 5) is 25.6. The van der Waals surface area contributed by atoms with E-state index in [1.54, 1.807) is 29.9 Å². The molecule has 0 aliphatic heterocycles. The van der Waals surface area contributed by atoms with Crippen LogP contribution in [0.3, 0.4) is 0 Å². The van der Waals surface area contributed by atoms with Gasteiger partial charge in [-0.15, -0.1) is 10.2 Å². The van der Waals surface area contributed by atoms with E-state index < -0.39 is 0 Å². The highest BCUT2D eigenvalue weighted by atomic mass is 35.5. The van der Waals surface area contributed by atoms with E-state index in [4.69, 9.17) is 16.3 Å². The van der Waals surface area contributed by atoms with Gasteiger partial charge in [-0.2, -0.15) is 0 Å². The predicted octanol–water partition coefficient (Wildman–Crippen LogP) is 3.77. The third-order valence-electron chi connectivity index (χ3n) is 5.01. The minimum Gasteiger partial charge on any atom is -0.385 e. The molecule has 4 aromatic rings. The van der Waals surface area contributed by atoms with Gasteiger partial charge < -0.3 is 10.1 Å². The van der Waals surface area contributed by atoms with Gasteiger partial charge in [0.1, 0.15) is 0 Å². The maximum absolute atomic E-state index is 13.0. The van der Waals surface area contributed by atoms with Gasteiger partial charge in [-0.25, -0.2) is 0 Å². The number of carbonyl (C=O) groups excluding carboxylic acids is 1. The van der Waals surface area contributed by atoms with Crippen LogP contribution in [0.5, 0.6) is 0 Å². The first kappa shape index (κ1) is 22.3. The number of thioether (sulfide) groups is 1. The molecule has 1 amide bonds. The minimum absolute atomic E-state index is 0.123. The predicted molar refractivity (Wildman–Crippen MR) is 127 cm³/mol. The summed E-state index contributed by atoms with van der Waals surface area (Å²) in [5.74, 6) is 0.386. The van der Waals surface area contributed by atoms with Crippen molar-refractivity contribution in [2.75, 3.05) is 24.8 Å². The number of anilines is 1. The average Bonchev–Trinajstić information content (AvgIpc) is 3.21. The van der Waals surface area contributed by atoms with Gasteiger partial charge in [0.2, 0.25) is 11.7 Å². The van der Waals surface area contributed by atoms with Crippen LogP contribution in [-0.4, -0.2) is 44.5 Å². The second kappa shape index (κ2) is 9.72. The number of para-hydroxylation sites is 1. The molecule has 0 spiro atoms. The first-order valence-electron chi connectivity index (χ1n) is 10.0. The summed E-state index contributed by atoms with van der Waals surface area (Å²) in [5.41, 5.74) is 2.18. The fraction of sp³-hybridized carbons (Fsp3) is 0.273. The van der Waals surface area contributed by atoms with Crippen molar-refractivity contribution in [3.05, 3.63) is 63.4 Å². The van der Waals surface area contributed by atoms with Crippen LogP contribution in [0.1, 0.15) is 12.0 Å². The van der Waals surface area contributed by atoms with Gasteiger partial charge in [0, 0.05) is 31.0 Å². The molecule has 10 heteroatoms. The molecule has 2 heterocycles. The molecule has 4 rings (SSSR count). The van der Waals surface area contributed by atoms with E-state index in [-0.39, 0.29) is 17.2 Å². The molecule has 0 bridgehead atoms. The highest BCUT2D eigenvalue weighted by Gasteiger charge is 2.17. The molecule has 32 heavy (non-hydrogen) atoms. The van der Waals surface area contributed by atoms with Gasteiger partial charge >= 0.3 is 0 Å². The van der Waals surface area contributed by atoms with Crippen molar-refractivity contribution in [3.63, 3.8) is 0 Å². The zero-order valence-corrected chi connectivity index (χ0v) is 19.2. The number of halogens is 1. The van der Waals surface area contributed by atoms with Crippen molar-refractivity contribution in [2.45, 2.75) is 25.0 Å². The van der Waals surface area contributed by atoms with Crippen LogP contribution in [-0.2, 0) is 16.1 Å². The Morgan fingerprint density at radius 3 is 2.84 bits per heavy atom. The molecule has 0 fully saturated rings. The Labute approximate surface area is 193 Å². The van der Waals surface area contributed by atoms with Crippen LogP contribution >= 0.6 is 23.4 Å². The molecule has 2 aromatic heterocycles. The number of nitrogens with one attached hydrogen (secondary N) is 1. The number of fused-ring (bicyclic) bond motifs is 3. The molecule has 2 aromatic carbocycles. The van der Waals surface area contributed by atoms with Crippen LogP contribution in [0.2, 0.25) is 5.02 Å². The molecule has 0 aliphatic rings. The van der Waals surface area contributed by atoms with Gasteiger partial charge in [-0.1, -0.05) is 41.6 Å². The Morgan fingerprint density at radius 1 is 1.22 bits per heavy atom. The third kappa shape index (κ3) is 4.50. The normalized spacial score (nSPS) is 11.3. The highest BCUT2D eigenvalue weighted by molar-refractivity contribution is 7.99. The summed E-state index contributed by atoms with van der Waals surface area (Å²) in [5, 5.41) is 13.1. The van der Waals surface area contributed by atoms with E-state index in [0.29, 0.717) is 52.1 Å². The van der Waals surface area contributed by atoms with Crippen molar-refractivity contribution in [1.82, 2.24) is 19.2 Å². The highest BCUT2D eigenvalue weighted by Crippen LogP contribution is 2.23. The Hall–Kier alpha value is -2.88. The first-order chi connectivity index (χ1) is 15.5. The van der Waals surface area contributed by atoms with Crippen molar-refractivity contribution < 1.29 is 9.53 Å². The smallest absolute Gasteiger partial charge is 0.262 e. The molecule has 0 atom stereocenters. The molecule has 8 nitrogen and oxygen atoms in total. The third-order valence-corrected chi connectivity index (χ3v) is 6.18. The van der Waals surface area contributed by atoms with Crippen molar-refractivity contribution in [2.24, 2.45) is 0 Å². The van der Waals surface area contributed by atoms with Crippen LogP contribution in [0.25, 0.3) is 16.7 Å². The van der Waals surface area contributed by atoms with E-state index in [0.717, 1.165) is 5.56 Å². The lowest BCUT2D eigenvalue weighted by atomic mass is 10.2. The topological polar surface area (TPSA) is 90.5 Å². The zero-order chi connectivity index (χ0) is 22.7. The molecule has 0 unspecified atom stereocenters. The number of hydrogen-bond donors (Lipinski definition) is 1. The van der Waals surface area contributed by atoms with E-state index in [2.05, 4.69) is 15.5 Å². The molecular weight excluding hydrogens is 450 g/mol. The second-order valence-corrected chi connectivity index (χ2v) is 8.61. The first-order valence-corrected chi connectivity index (χ1v) is 11.4. The van der Waals surface area contributed by atoms with E-state index in [1.165, 1.54) is 11.8 Å². The molecule has 0 radical (unpaired) electrons. The van der Waals surface area contributed by atoms with Crippen molar-refractivity contribution >= 4 is 51.6 Å². The summed E-state index contributed by atoms with van der Waals surface area (Å²) >= 11 is 7.29. The van der Waals surface area contributed by atoms with Gasteiger partial charge in [0.25, 0.3) is 5.56 Å². The molecule has 166 valence electrons. The number of hydrogen-bond acceptors (Lipinski definition) is 6. The fourth-order valence-electron chi connectivity index (χ4n) is 3.44. The summed E-state index contributed by atoms with van der Waals surface area (Å²) in [6.07, 6.45) is 0.668. The Bertz CT molecular complexity index is 1350. The lowest BCUT2D eigenvalue weighted by molar-refractivity contribution is -0.113. The minimum atomic E-state index is -0.185. The molecule has 0 aliphatic carbocycles. The zero-order valence-electron chi connectivity index (χ0n) is 17.7. The Balaban J connectivity index is 1.64. The lowest BCUT2D eigenvalue weighted by Crippen LogP contribution is -2.24. The molecule has 0 saturated carbocycles. The lowest BCUT2D eigenvalue weighted by Gasteiger charge is -2.11. The number of rotatable bonds is 8. The fourth-order valence-corrected chi connectivity index (χ4v) is 4.35. The maximum Gasteiger partial charge on any atom is 0.262 e. The molecule has 1 N–H and O–H groups in total. The van der Waals surface area contributed by atoms with Gasteiger partial charge in [0.15, 0.2) is 5.16 Å². The van der Waals surface area contributed by atoms with Crippen molar-refractivity contribution in [1.29, 1.82) is 0 Å². The van der Waals surface area contributed by atoms with Gasteiger partial charge in [-0.05, 0) is 43.2 Å². The molecular formula is C22H22ClN5O3S. The van der Waals surface area contributed by atoms with Crippen LogP contribution in [0.4, 0.5) is 5.69 Å². The monoisotopic (exact) mass is 471 g/mol. The summed E-state index contributed by atoms with van der Waals surface area (Å²) in [6, 6.07) is 12.7. The maximum atomic E-state index is 13.0. The summed E-state index contributed by atoms with van der Waals surface area (Å²) < 4.78 is 8.55. The number of methoxy groups -OCH3 is 1. The number of ether oxygens (including phenoxy) is 1. The Morgan fingerprint density at radius 2 is 2.03 bits per heavy atom. The van der Waals surface area contributed by atoms with Crippen LogP contribution in [0, 0.1) is 6.92 Å². The summed E-state index contributed by atoms with van der Waals surface area (Å²) in [7, 11) is 1.63. The van der Waals surface area contributed by atoms with Crippen LogP contribution < -0.4 is 10.9 Å². The van der Waals surface area contributed by atoms with Gasteiger partial charge in [-0.3, -0.25) is 18.6 Å².